The predicted octanol–water partition coefficient (Wildman–Crippen LogP) is 1.71. The number of nitrogens with zero attached hydrogens (tertiary/aromatic N) is 1. The number of carbonyl (C=O) groups excluding carboxylic acids is 2. The zero-order chi connectivity index (χ0) is 13.9. The maximum Gasteiger partial charge on any atom is 0.245 e. The molecule has 2 unspecified atom stereocenters. The molecule has 0 aromatic heterocycles. The van der Waals surface area contributed by atoms with E-state index in [1.165, 1.54) is 0 Å². The van der Waals surface area contributed by atoms with Gasteiger partial charge in [-0.3, -0.25) is 9.59 Å². The molecule has 0 aliphatic carbocycles. The number of hydrogen-bond acceptors (Lipinski definition) is 2. The number of carbonyl (C=O) groups is 2. The first kappa shape index (κ1) is 14.7. The molecule has 0 aromatic rings. The first-order chi connectivity index (χ1) is 8.32. The summed E-state index contributed by atoms with van der Waals surface area (Å²) in [5.41, 5.74) is 1.16. The Morgan fingerprint density at radius 2 is 2.00 bits per heavy atom. The summed E-state index contributed by atoms with van der Waals surface area (Å²) in [6, 6.07) is -0.740. The van der Waals surface area contributed by atoms with Crippen molar-refractivity contribution in [3.63, 3.8) is 0 Å². The fraction of sp³-hybridized carbons (Fsp3) is 0.714. The van der Waals surface area contributed by atoms with Crippen LogP contribution in [0.25, 0.3) is 0 Å². The van der Waals surface area contributed by atoms with E-state index in [9.17, 15) is 9.59 Å². The molecule has 1 N–H and O–H groups in total. The lowest BCUT2D eigenvalue weighted by Gasteiger charge is -2.38. The smallest absolute Gasteiger partial charge is 0.245 e. The summed E-state index contributed by atoms with van der Waals surface area (Å²) in [7, 11) is 0. The van der Waals surface area contributed by atoms with E-state index in [1.54, 1.807) is 11.8 Å². The van der Waals surface area contributed by atoms with Gasteiger partial charge >= 0.3 is 0 Å². The first-order valence-corrected chi connectivity index (χ1v) is 6.57. The normalized spacial score (nSPS) is 24.2. The Balaban J connectivity index is 2.90. The molecule has 1 rings (SSSR count). The summed E-state index contributed by atoms with van der Waals surface area (Å²) in [5.74, 6) is 0.367. The van der Waals surface area contributed by atoms with Crippen molar-refractivity contribution >= 4 is 11.8 Å². The summed E-state index contributed by atoms with van der Waals surface area (Å²) in [4.78, 5) is 25.9. The summed E-state index contributed by atoms with van der Waals surface area (Å²) >= 11 is 0. The number of amides is 2. The van der Waals surface area contributed by atoms with Crippen molar-refractivity contribution in [1.29, 1.82) is 0 Å². The van der Waals surface area contributed by atoms with Gasteiger partial charge in [-0.15, -0.1) is 0 Å². The van der Waals surface area contributed by atoms with Crippen LogP contribution in [-0.2, 0) is 9.59 Å². The average Bonchev–Trinajstić information content (AvgIpc) is 2.24. The molecule has 2 amide bonds. The summed E-state index contributed by atoms with van der Waals surface area (Å²) in [5, 5.41) is 2.75. The molecule has 102 valence electrons. The molecule has 1 aliphatic heterocycles. The number of hydrogen-bond donors (Lipinski definition) is 1. The van der Waals surface area contributed by atoms with Gasteiger partial charge in [0.2, 0.25) is 11.8 Å². The molecule has 18 heavy (non-hydrogen) atoms. The third-order valence-electron chi connectivity index (χ3n) is 3.08. The Morgan fingerprint density at radius 3 is 2.50 bits per heavy atom. The molecule has 1 saturated heterocycles. The summed E-state index contributed by atoms with van der Waals surface area (Å²) in [6.45, 7) is 10.4. The van der Waals surface area contributed by atoms with Crippen molar-refractivity contribution in [2.75, 3.05) is 6.54 Å². The highest BCUT2D eigenvalue weighted by Gasteiger charge is 2.37. The van der Waals surface area contributed by atoms with Crippen molar-refractivity contribution in [3.05, 3.63) is 11.6 Å². The summed E-state index contributed by atoms with van der Waals surface area (Å²) in [6.07, 6.45) is 2.71. The number of allylic oxidation sites excluding steroid dienone is 1. The fourth-order valence-electron chi connectivity index (χ4n) is 2.09. The van der Waals surface area contributed by atoms with Crippen molar-refractivity contribution in [2.45, 2.75) is 53.1 Å². The van der Waals surface area contributed by atoms with E-state index in [4.69, 9.17) is 0 Å². The quantitative estimate of drug-likeness (QED) is 0.774. The molecule has 0 saturated carbocycles. The van der Waals surface area contributed by atoms with Gasteiger partial charge in [0.15, 0.2) is 0 Å². The lowest BCUT2D eigenvalue weighted by atomic mass is 9.98. The van der Waals surface area contributed by atoms with Crippen LogP contribution in [0.5, 0.6) is 0 Å². The molecule has 0 aromatic carbocycles. The minimum Gasteiger partial charge on any atom is -0.343 e. The zero-order valence-electron chi connectivity index (χ0n) is 12.0. The van der Waals surface area contributed by atoms with Gasteiger partial charge in [-0.25, -0.2) is 0 Å². The van der Waals surface area contributed by atoms with Crippen LogP contribution in [-0.4, -0.2) is 35.3 Å². The zero-order valence-corrected chi connectivity index (χ0v) is 12.0. The largest absolute Gasteiger partial charge is 0.343 e. The Morgan fingerprint density at radius 1 is 1.39 bits per heavy atom. The highest BCUT2D eigenvalue weighted by atomic mass is 16.2. The molecule has 0 bridgehead atoms. The second-order valence-corrected chi connectivity index (χ2v) is 5.65. The topological polar surface area (TPSA) is 49.4 Å². The monoisotopic (exact) mass is 252 g/mol. The third-order valence-corrected chi connectivity index (χ3v) is 3.08. The van der Waals surface area contributed by atoms with Crippen LogP contribution in [0, 0.1) is 5.92 Å². The Labute approximate surface area is 109 Å². The van der Waals surface area contributed by atoms with Gasteiger partial charge in [-0.1, -0.05) is 25.5 Å². The van der Waals surface area contributed by atoms with Gasteiger partial charge < -0.3 is 10.2 Å². The molecular formula is C14H24N2O2. The van der Waals surface area contributed by atoms with Crippen LogP contribution in [0.1, 0.15) is 41.0 Å². The molecule has 1 aliphatic rings. The van der Waals surface area contributed by atoms with Crippen molar-refractivity contribution in [3.8, 4) is 0 Å². The lowest BCUT2D eigenvalue weighted by molar-refractivity contribution is -0.148. The minimum absolute atomic E-state index is 0.0118. The molecule has 0 spiro atoms. The first-order valence-electron chi connectivity index (χ1n) is 6.57. The van der Waals surface area contributed by atoms with Gasteiger partial charge in [-0.2, -0.15) is 0 Å². The van der Waals surface area contributed by atoms with Crippen molar-refractivity contribution in [2.24, 2.45) is 5.92 Å². The molecule has 1 heterocycles. The van der Waals surface area contributed by atoms with Crippen molar-refractivity contribution in [1.82, 2.24) is 10.2 Å². The van der Waals surface area contributed by atoms with Gasteiger partial charge in [0.25, 0.3) is 0 Å². The Hall–Kier alpha value is -1.32. The number of rotatable bonds is 4. The van der Waals surface area contributed by atoms with E-state index in [2.05, 4.69) is 19.2 Å². The second kappa shape index (κ2) is 6.03. The number of piperazine rings is 1. The second-order valence-electron chi connectivity index (χ2n) is 5.65. The lowest BCUT2D eigenvalue weighted by Crippen LogP contribution is -2.62. The standard InChI is InChI=1S/C14H24N2O2/c1-9(2)6-7-16-12(8-10(3)4)13(17)15-11(5)14(16)18/h6,10-12H,7-8H2,1-5H3,(H,15,17). The highest BCUT2D eigenvalue weighted by Crippen LogP contribution is 2.17. The van der Waals surface area contributed by atoms with E-state index >= 15 is 0 Å². The Bertz CT molecular complexity index is 357. The van der Waals surface area contributed by atoms with Crippen LogP contribution in [0.3, 0.4) is 0 Å². The Kier molecular flexibility index (Phi) is 4.93. The van der Waals surface area contributed by atoms with Gasteiger partial charge in [0.1, 0.15) is 12.1 Å². The van der Waals surface area contributed by atoms with Crippen LogP contribution in [0.15, 0.2) is 11.6 Å². The van der Waals surface area contributed by atoms with Crippen LogP contribution in [0.4, 0.5) is 0 Å². The highest BCUT2D eigenvalue weighted by molar-refractivity contribution is 5.96. The van der Waals surface area contributed by atoms with E-state index in [-0.39, 0.29) is 17.9 Å². The van der Waals surface area contributed by atoms with Gasteiger partial charge in [-0.05, 0) is 33.1 Å². The van der Waals surface area contributed by atoms with Crippen LogP contribution in [0.2, 0.25) is 0 Å². The average molecular weight is 252 g/mol. The predicted molar refractivity (Wildman–Crippen MR) is 72.0 cm³/mol. The van der Waals surface area contributed by atoms with E-state index in [1.807, 2.05) is 19.9 Å². The van der Waals surface area contributed by atoms with E-state index < -0.39 is 6.04 Å². The third kappa shape index (κ3) is 3.59. The van der Waals surface area contributed by atoms with Crippen LogP contribution < -0.4 is 5.32 Å². The fourth-order valence-corrected chi connectivity index (χ4v) is 2.09. The SMILES string of the molecule is CC(C)=CCN1C(=O)C(C)NC(=O)C1CC(C)C. The van der Waals surface area contributed by atoms with E-state index in [0.717, 1.165) is 5.57 Å². The number of nitrogens with one attached hydrogen (secondary N) is 1. The molecule has 2 atom stereocenters. The molecule has 4 heteroatoms. The molecule has 4 nitrogen and oxygen atoms in total. The molecular weight excluding hydrogens is 228 g/mol. The van der Waals surface area contributed by atoms with Crippen molar-refractivity contribution < 1.29 is 9.59 Å². The van der Waals surface area contributed by atoms with Gasteiger partial charge in [0, 0.05) is 6.54 Å². The molecule has 1 fully saturated rings. The van der Waals surface area contributed by atoms with Gasteiger partial charge in [0.05, 0.1) is 0 Å². The van der Waals surface area contributed by atoms with E-state index in [0.29, 0.717) is 18.9 Å². The minimum atomic E-state index is -0.411. The molecule has 0 radical (unpaired) electrons. The van der Waals surface area contributed by atoms with Crippen LogP contribution >= 0.6 is 0 Å². The maximum absolute atomic E-state index is 12.2. The summed E-state index contributed by atoms with van der Waals surface area (Å²) < 4.78 is 0. The maximum atomic E-state index is 12.2.